The highest BCUT2D eigenvalue weighted by Gasteiger charge is 2.44. The van der Waals surface area contributed by atoms with Crippen LogP contribution in [0.25, 0.3) is 0 Å². The van der Waals surface area contributed by atoms with Gasteiger partial charge in [0.15, 0.2) is 0 Å². The van der Waals surface area contributed by atoms with Crippen LogP contribution in [-0.4, -0.2) is 39.6 Å². The van der Waals surface area contributed by atoms with E-state index in [9.17, 15) is 14.4 Å². The van der Waals surface area contributed by atoms with Gasteiger partial charge in [-0.1, -0.05) is 31.6 Å². The lowest BCUT2D eigenvalue weighted by Gasteiger charge is -2.36. The average molecular weight is 344 g/mol. The molecule has 0 fully saturated rings. The lowest BCUT2D eigenvalue weighted by Crippen LogP contribution is -2.55. The van der Waals surface area contributed by atoms with E-state index >= 15 is 0 Å². The minimum atomic E-state index is -0.758. The molecule has 0 bridgehead atoms. The van der Waals surface area contributed by atoms with Gasteiger partial charge in [-0.05, 0) is 39.3 Å². The maximum atomic E-state index is 12.8. The van der Waals surface area contributed by atoms with Gasteiger partial charge in [0.2, 0.25) is 0 Å². The van der Waals surface area contributed by atoms with Crippen molar-refractivity contribution in [3.63, 3.8) is 0 Å². The Morgan fingerprint density at radius 3 is 2.16 bits per heavy atom. The van der Waals surface area contributed by atoms with Crippen molar-refractivity contribution in [2.75, 3.05) is 0 Å². The van der Waals surface area contributed by atoms with E-state index in [0.29, 0.717) is 6.42 Å². The van der Waals surface area contributed by atoms with Crippen LogP contribution < -0.4 is 0 Å². The first-order valence-electron chi connectivity index (χ1n) is 8.33. The molecule has 0 spiro atoms. The maximum Gasteiger partial charge on any atom is 0.430 e. The zero-order valence-corrected chi connectivity index (χ0v) is 15.1. The van der Waals surface area contributed by atoms with E-state index < -0.39 is 29.6 Å². The third kappa shape index (κ3) is 3.73. The first-order valence-corrected chi connectivity index (χ1v) is 8.33. The Balaban J connectivity index is 2.46. The largest absolute Gasteiger partial charge is 0.442 e. The fourth-order valence-electron chi connectivity index (χ4n) is 2.68. The average Bonchev–Trinajstić information content (AvgIpc) is 2.78. The second kappa shape index (κ2) is 7.09. The molecular formula is C19H24N2O4. The Morgan fingerprint density at radius 2 is 1.76 bits per heavy atom. The lowest BCUT2D eigenvalue weighted by molar-refractivity contribution is -0.0391. The zero-order valence-electron chi connectivity index (χ0n) is 15.1. The van der Waals surface area contributed by atoms with Gasteiger partial charge in [-0.25, -0.2) is 9.80 Å². The monoisotopic (exact) mass is 344 g/mol. The molecule has 0 saturated carbocycles. The zero-order chi connectivity index (χ0) is 18.8. The Morgan fingerprint density at radius 1 is 1.24 bits per heavy atom. The fraction of sp³-hybridized carbons (Fsp3) is 0.421. The molecule has 1 atom stereocenters. The number of imide groups is 1. The number of nitrogens with zero attached hydrogens (tertiary/aromatic N) is 2. The molecule has 1 heterocycles. The molecule has 3 amide bonds. The molecular weight excluding hydrogens is 320 g/mol. The van der Waals surface area contributed by atoms with E-state index in [2.05, 4.69) is 6.58 Å². The molecule has 2 rings (SSSR count). The van der Waals surface area contributed by atoms with Crippen LogP contribution in [0.2, 0.25) is 0 Å². The third-order valence-corrected chi connectivity index (χ3v) is 3.74. The van der Waals surface area contributed by atoms with Crippen molar-refractivity contribution in [3.05, 3.63) is 48.0 Å². The Hall–Kier alpha value is -2.63. The second-order valence-corrected chi connectivity index (χ2v) is 6.88. The number of amides is 3. The Labute approximate surface area is 148 Å². The third-order valence-electron chi connectivity index (χ3n) is 3.74. The van der Waals surface area contributed by atoms with Crippen LogP contribution in [-0.2, 0) is 4.74 Å². The molecule has 1 aromatic rings. The molecule has 0 aliphatic carbocycles. The van der Waals surface area contributed by atoms with E-state index in [1.807, 2.05) is 6.92 Å². The summed E-state index contributed by atoms with van der Waals surface area (Å²) in [4.78, 5) is 38.3. The van der Waals surface area contributed by atoms with Gasteiger partial charge in [-0.3, -0.25) is 9.59 Å². The molecule has 6 heteroatoms. The number of rotatable bonds is 5. The number of hydrazine groups is 1. The van der Waals surface area contributed by atoms with E-state index in [0.717, 1.165) is 16.4 Å². The molecule has 1 aromatic carbocycles. The summed E-state index contributed by atoms with van der Waals surface area (Å²) in [7, 11) is 0. The molecule has 25 heavy (non-hydrogen) atoms. The van der Waals surface area contributed by atoms with Crippen LogP contribution in [0.1, 0.15) is 61.3 Å². The smallest absolute Gasteiger partial charge is 0.430 e. The summed E-state index contributed by atoms with van der Waals surface area (Å²) in [5.41, 5.74) is -0.202. The number of ether oxygens (including phenoxy) is 1. The van der Waals surface area contributed by atoms with Gasteiger partial charge in [0.05, 0.1) is 17.2 Å². The van der Waals surface area contributed by atoms with Gasteiger partial charge in [-0.15, -0.1) is 6.58 Å². The van der Waals surface area contributed by atoms with Crippen molar-refractivity contribution < 1.29 is 19.1 Å². The SMILES string of the molecule is C=C[C@H](CCC)N(C(=O)OC(C)(C)C)N1C(=O)c2ccccc2C1=O. The van der Waals surface area contributed by atoms with Gasteiger partial charge in [0.1, 0.15) is 5.60 Å². The standard InChI is InChI=1S/C19H24N2O4/c1-6-10-13(7-2)20(18(24)25-19(3,4)5)21-16(22)14-11-8-9-12-15(14)17(21)23/h7-9,11-13H,2,6,10H2,1,3-5H3/t13-/m1/s1. The molecule has 0 unspecified atom stereocenters. The quantitative estimate of drug-likeness (QED) is 0.602. The number of fused-ring (bicyclic) bond motifs is 1. The van der Waals surface area contributed by atoms with Crippen molar-refractivity contribution in [1.82, 2.24) is 10.0 Å². The van der Waals surface area contributed by atoms with Crippen LogP contribution in [0, 0.1) is 0 Å². The van der Waals surface area contributed by atoms with Crippen LogP contribution in [0.15, 0.2) is 36.9 Å². The molecule has 0 N–H and O–H groups in total. The summed E-state index contributed by atoms with van der Waals surface area (Å²) in [5.74, 6) is -1.07. The van der Waals surface area contributed by atoms with Gasteiger partial charge in [-0.2, -0.15) is 5.01 Å². The van der Waals surface area contributed by atoms with E-state index in [1.54, 1.807) is 51.1 Å². The van der Waals surface area contributed by atoms with Crippen molar-refractivity contribution >= 4 is 17.9 Å². The summed E-state index contributed by atoms with van der Waals surface area (Å²) >= 11 is 0. The number of hydrogen-bond acceptors (Lipinski definition) is 4. The topological polar surface area (TPSA) is 66.9 Å². The summed E-state index contributed by atoms with van der Waals surface area (Å²) in [6, 6.07) is 5.99. The molecule has 1 aliphatic rings. The van der Waals surface area contributed by atoms with Crippen molar-refractivity contribution in [3.8, 4) is 0 Å². The van der Waals surface area contributed by atoms with Crippen molar-refractivity contribution in [2.24, 2.45) is 0 Å². The van der Waals surface area contributed by atoms with Crippen molar-refractivity contribution in [1.29, 1.82) is 0 Å². The highest BCUT2D eigenvalue weighted by atomic mass is 16.6. The number of benzene rings is 1. The fourth-order valence-corrected chi connectivity index (χ4v) is 2.68. The molecule has 134 valence electrons. The lowest BCUT2D eigenvalue weighted by atomic mass is 10.1. The van der Waals surface area contributed by atoms with Gasteiger partial charge in [0, 0.05) is 0 Å². The van der Waals surface area contributed by atoms with E-state index in [-0.39, 0.29) is 11.1 Å². The first-order chi connectivity index (χ1) is 11.7. The van der Waals surface area contributed by atoms with Crippen LogP contribution in [0.3, 0.4) is 0 Å². The summed E-state index contributed by atoms with van der Waals surface area (Å²) < 4.78 is 5.43. The van der Waals surface area contributed by atoms with E-state index in [1.165, 1.54) is 0 Å². The molecule has 1 aliphatic heterocycles. The first kappa shape index (κ1) is 18.7. The molecule has 6 nitrogen and oxygen atoms in total. The summed E-state index contributed by atoms with van der Waals surface area (Å²) in [5, 5.41) is 1.97. The summed E-state index contributed by atoms with van der Waals surface area (Å²) in [6.45, 7) is 10.9. The normalized spacial score (nSPS) is 15.0. The number of carbonyl (C=O) groups excluding carboxylic acids is 3. The predicted molar refractivity (Wildman–Crippen MR) is 93.9 cm³/mol. The van der Waals surface area contributed by atoms with E-state index in [4.69, 9.17) is 4.74 Å². The minimum absolute atomic E-state index is 0.278. The van der Waals surface area contributed by atoms with Crippen LogP contribution in [0.4, 0.5) is 4.79 Å². The maximum absolute atomic E-state index is 12.8. The summed E-state index contributed by atoms with van der Waals surface area (Å²) in [6.07, 6.45) is 2.10. The molecule has 0 radical (unpaired) electrons. The molecule has 0 saturated heterocycles. The van der Waals surface area contributed by atoms with Crippen LogP contribution in [0.5, 0.6) is 0 Å². The number of hydrogen-bond donors (Lipinski definition) is 0. The van der Waals surface area contributed by atoms with Crippen LogP contribution >= 0.6 is 0 Å². The van der Waals surface area contributed by atoms with Gasteiger partial charge < -0.3 is 4.74 Å². The Bertz CT molecular complexity index is 671. The molecule has 0 aromatic heterocycles. The Kier molecular flexibility index (Phi) is 5.30. The van der Waals surface area contributed by atoms with Gasteiger partial charge in [0.25, 0.3) is 11.8 Å². The highest BCUT2D eigenvalue weighted by molar-refractivity contribution is 6.21. The number of carbonyl (C=O) groups is 3. The second-order valence-electron chi connectivity index (χ2n) is 6.88. The predicted octanol–water partition coefficient (Wildman–Crippen LogP) is 3.79. The minimum Gasteiger partial charge on any atom is -0.442 e. The highest BCUT2D eigenvalue weighted by Crippen LogP contribution is 2.28. The van der Waals surface area contributed by atoms with Gasteiger partial charge >= 0.3 is 6.09 Å². The van der Waals surface area contributed by atoms with Crippen molar-refractivity contribution in [2.45, 2.75) is 52.2 Å².